The number of primary amides is 1. The molecule has 2 aromatic rings. The first kappa shape index (κ1) is 45.4. The summed E-state index contributed by atoms with van der Waals surface area (Å²) in [5.74, 6) is -8.43. The number of aromatic carboxylic acids is 1. The molecule has 14 nitrogen and oxygen atoms in total. The lowest BCUT2D eigenvalue weighted by Crippen LogP contribution is -2.55. The lowest BCUT2D eigenvalue weighted by atomic mass is 9.82. The van der Waals surface area contributed by atoms with Crippen LogP contribution in [-0.4, -0.2) is 87.3 Å². The summed E-state index contributed by atoms with van der Waals surface area (Å²) in [5, 5.41) is 14.9. The molecule has 0 radical (unpaired) electrons. The minimum absolute atomic E-state index is 0.0274. The van der Waals surface area contributed by atoms with E-state index in [0.717, 1.165) is 31.4 Å². The summed E-state index contributed by atoms with van der Waals surface area (Å²) in [5.41, 5.74) is 4.57. The maximum absolute atomic E-state index is 14.7. The van der Waals surface area contributed by atoms with Crippen molar-refractivity contribution in [1.29, 1.82) is 0 Å². The fraction of sp³-hybridized carbons (Fsp3) is 0.535. The van der Waals surface area contributed by atoms with E-state index in [1.54, 1.807) is 6.92 Å². The average molecular weight is 807 g/mol. The molecule has 15 heteroatoms. The summed E-state index contributed by atoms with van der Waals surface area (Å²) in [6, 6.07) is 7.18. The van der Waals surface area contributed by atoms with E-state index in [1.807, 2.05) is 20.8 Å². The van der Waals surface area contributed by atoms with E-state index in [-0.39, 0.29) is 48.4 Å². The Bertz CT molecular complexity index is 1870. The van der Waals surface area contributed by atoms with Crippen molar-refractivity contribution in [1.82, 2.24) is 15.5 Å². The predicted molar refractivity (Wildman–Crippen MR) is 210 cm³/mol. The third-order valence-corrected chi connectivity index (χ3v) is 10.6. The van der Waals surface area contributed by atoms with Crippen LogP contribution < -0.4 is 16.4 Å². The van der Waals surface area contributed by atoms with E-state index in [4.69, 9.17) is 10.5 Å². The standard InChI is InChI=1S/C43H55FN4O10/c1-5-12-27(38(52)33(49)19-20-35(51)46-36(39(45)53)26-15-11-16-28(44)21-26)22-34(50)32-23-29(58-43(2,3)4)24-48(32)41(55)37(25-13-7-6-8-14-25)47-40(54)30-17-9-10-18-31(30)42(56)57/h9-11,15-18,21,25,27,29,32,36-37H,5-8,12-14,19-20,22-24H2,1-4H3,(H2,45,53)(H,46,51)(H,47,54)(H,56,57)/t27?,29-,32+,36?,37+/m1/s1. The Hall–Kier alpha value is -5.31. The van der Waals surface area contributed by atoms with Gasteiger partial charge in [-0.15, -0.1) is 0 Å². The average Bonchev–Trinajstić information content (AvgIpc) is 3.59. The number of hydrogen-bond acceptors (Lipinski definition) is 9. The van der Waals surface area contributed by atoms with Gasteiger partial charge in [0.05, 0.1) is 28.9 Å². The number of halogens is 1. The molecular weight excluding hydrogens is 751 g/mol. The number of carboxylic acid groups (broad SMARTS) is 1. The first-order chi connectivity index (χ1) is 27.4. The largest absolute Gasteiger partial charge is 0.478 e. The SMILES string of the molecule is CCCC(CC(=O)[C@@H]1C[C@@H](OC(C)(C)C)CN1C(=O)[C@@H](NC(=O)c1ccccc1C(=O)O)C1CCCCC1)C(=O)C(=O)CCC(=O)NC(C(N)=O)c1cccc(F)c1. The highest BCUT2D eigenvalue weighted by Crippen LogP contribution is 2.33. The van der Waals surface area contributed by atoms with Gasteiger partial charge in [-0.2, -0.15) is 0 Å². The van der Waals surface area contributed by atoms with Crippen LogP contribution in [0.25, 0.3) is 0 Å². The number of hydrogen-bond donors (Lipinski definition) is 4. The molecule has 0 bridgehead atoms. The zero-order chi connectivity index (χ0) is 42.7. The number of nitrogens with one attached hydrogen (secondary N) is 2. The summed E-state index contributed by atoms with van der Waals surface area (Å²) < 4.78 is 20.0. The number of Topliss-reactive ketones (excluding diaryl/α,β-unsaturated/α-hetero) is 3. The van der Waals surface area contributed by atoms with Gasteiger partial charge >= 0.3 is 5.97 Å². The Morgan fingerprint density at radius 2 is 1.60 bits per heavy atom. The van der Waals surface area contributed by atoms with Gasteiger partial charge in [0, 0.05) is 38.1 Å². The predicted octanol–water partition coefficient (Wildman–Crippen LogP) is 4.62. The fourth-order valence-corrected chi connectivity index (χ4v) is 7.91. The number of carboxylic acids is 1. The lowest BCUT2D eigenvalue weighted by Gasteiger charge is -2.35. The number of rotatable bonds is 19. The van der Waals surface area contributed by atoms with Crippen LogP contribution in [0.4, 0.5) is 4.39 Å². The summed E-state index contributed by atoms with van der Waals surface area (Å²) >= 11 is 0. The summed E-state index contributed by atoms with van der Waals surface area (Å²) in [7, 11) is 0. The minimum Gasteiger partial charge on any atom is -0.478 e. The second-order valence-corrected chi connectivity index (χ2v) is 16.2. The second kappa shape index (κ2) is 20.4. The zero-order valence-electron chi connectivity index (χ0n) is 33.6. The molecular formula is C43H55FN4O10. The molecule has 2 fully saturated rings. The number of ether oxygens (including phenoxy) is 1. The molecule has 5 atom stereocenters. The zero-order valence-corrected chi connectivity index (χ0v) is 33.6. The van der Waals surface area contributed by atoms with Gasteiger partial charge in [-0.25, -0.2) is 9.18 Å². The van der Waals surface area contributed by atoms with Crippen molar-refractivity contribution in [3.8, 4) is 0 Å². The van der Waals surface area contributed by atoms with E-state index < -0.39 is 101 Å². The topological polar surface area (TPSA) is 219 Å². The molecule has 0 aromatic heterocycles. The van der Waals surface area contributed by atoms with Gasteiger partial charge in [0.1, 0.15) is 17.9 Å². The molecule has 2 aliphatic rings. The lowest BCUT2D eigenvalue weighted by molar-refractivity contribution is -0.143. The number of benzene rings is 2. The van der Waals surface area contributed by atoms with E-state index >= 15 is 0 Å². The Labute approximate surface area is 337 Å². The number of likely N-dealkylation sites (tertiary alicyclic amines) is 1. The molecule has 58 heavy (non-hydrogen) atoms. The molecule has 2 aromatic carbocycles. The van der Waals surface area contributed by atoms with Crippen molar-refractivity contribution in [2.45, 2.75) is 128 Å². The van der Waals surface area contributed by atoms with Crippen LogP contribution in [0.15, 0.2) is 48.5 Å². The summed E-state index contributed by atoms with van der Waals surface area (Å²) in [6.07, 6.45) is 2.69. The molecule has 1 aliphatic carbocycles. The quantitative estimate of drug-likeness (QED) is 0.144. The molecule has 1 saturated carbocycles. The van der Waals surface area contributed by atoms with Crippen LogP contribution in [0.5, 0.6) is 0 Å². The minimum atomic E-state index is -1.37. The Kier molecular flexibility index (Phi) is 16.0. The number of nitrogens with zero attached hydrogens (tertiary/aromatic N) is 1. The van der Waals surface area contributed by atoms with E-state index in [1.165, 1.54) is 41.3 Å². The van der Waals surface area contributed by atoms with Crippen LogP contribution in [-0.2, 0) is 33.5 Å². The third-order valence-electron chi connectivity index (χ3n) is 10.6. The van der Waals surface area contributed by atoms with Gasteiger partial charge < -0.3 is 31.1 Å². The van der Waals surface area contributed by atoms with Gasteiger partial charge in [-0.05, 0) is 75.8 Å². The molecule has 2 unspecified atom stereocenters. The van der Waals surface area contributed by atoms with Crippen LogP contribution in [0, 0.1) is 17.7 Å². The Morgan fingerprint density at radius 1 is 0.931 bits per heavy atom. The van der Waals surface area contributed by atoms with Gasteiger partial charge in [0.25, 0.3) is 5.91 Å². The molecule has 1 saturated heterocycles. The molecule has 0 spiro atoms. The second-order valence-electron chi connectivity index (χ2n) is 16.2. The fourth-order valence-electron chi connectivity index (χ4n) is 7.91. The first-order valence-electron chi connectivity index (χ1n) is 20.0. The van der Waals surface area contributed by atoms with E-state index in [9.17, 15) is 47.9 Å². The molecule has 1 aliphatic heterocycles. The molecule has 4 amide bonds. The van der Waals surface area contributed by atoms with Crippen molar-refractivity contribution in [2.24, 2.45) is 17.6 Å². The highest BCUT2D eigenvalue weighted by atomic mass is 19.1. The van der Waals surface area contributed by atoms with E-state index in [0.29, 0.717) is 19.3 Å². The monoisotopic (exact) mass is 806 g/mol. The number of ketones is 3. The number of nitrogens with two attached hydrogens (primary N) is 1. The van der Waals surface area contributed by atoms with Gasteiger partial charge in [0.15, 0.2) is 11.6 Å². The van der Waals surface area contributed by atoms with Crippen molar-refractivity contribution < 1.29 is 52.6 Å². The number of carbonyl (C=O) groups excluding carboxylic acids is 7. The van der Waals surface area contributed by atoms with E-state index in [2.05, 4.69) is 10.6 Å². The molecule has 5 N–H and O–H groups in total. The van der Waals surface area contributed by atoms with Crippen LogP contribution in [0.1, 0.15) is 131 Å². The highest BCUT2D eigenvalue weighted by Gasteiger charge is 2.46. The smallest absolute Gasteiger partial charge is 0.336 e. The van der Waals surface area contributed by atoms with Crippen LogP contribution in [0.2, 0.25) is 0 Å². The summed E-state index contributed by atoms with van der Waals surface area (Å²) in [6.45, 7) is 7.35. The van der Waals surface area contributed by atoms with Crippen molar-refractivity contribution in [3.05, 3.63) is 71.0 Å². The maximum Gasteiger partial charge on any atom is 0.336 e. The van der Waals surface area contributed by atoms with Crippen LogP contribution in [0.3, 0.4) is 0 Å². The third kappa shape index (κ3) is 12.3. The summed E-state index contributed by atoms with van der Waals surface area (Å²) in [4.78, 5) is 107. The Morgan fingerprint density at radius 3 is 2.21 bits per heavy atom. The van der Waals surface area contributed by atoms with Crippen molar-refractivity contribution in [3.63, 3.8) is 0 Å². The molecule has 4 rings (SSSR count). The maximum atomic E-state index is 14.7. The van der Waals surface area contributed by atoms with Crippen molar-refractivity contribution >= 4 is 46.9 Å². The van der Waals surface area contributed by atoms with Crippen molar-refractivity contribution in [2.75, 3.05) is 6.54 Å². The van der Waals surface area contributed by atoms with Crippen LogP contribution >= 0.6 is 0 Å². The van der Waals surface area contributed by atoms with Gasteiger partial charge in [-0.3, -0.25) is 33.6 Å². The van der Waals surface area contributed by atoms with Gasteiger partial charge in [-0.1, -0.05) is 56.9 Å². The molecule has 314 valence electrons. The number of carbonyl (C=O) groups is 8. The highest BCUT2D eigenvalue weighted by molar-refractivity contribution is 6.38. The molecule has 1 heterocycles. The Balaban J connectivity index is 1.52. The van der Waals surface area contributed by atoms with Gasteiger partial charge in [0.2, 0.25) is 23.5 Å². The number of amides is 4. The first-order valence-corrected chi connectivity index (χ1v) is 20.0. The normalized spacial score (nSPS) is 18.7.